The van der Waals surface area contributed by atoms with Crippen LogP contribution >= 0.6 is 0 Å². The van der Waals surface area contributed by atoms with Crippen molar-refractivity contribution in [2.45, 2.75) is 57.9 Å². The van der Waals surface area contributed by atoms with Crippen LogP contribution in [0.15, 0.2) is 18.2 Å². The molecule has 29 heavy (non-hydrogen) atoms. The van der Waals surface area contributed by atoms with Crippen molar-refractivity contribution in [3.05, 3.63) is 29.3 Å². The number of para-hydroxylation sites is 1. The molecule has 1 aromatic carbocycles. The average Bonchev–Trinajstić information content (AvgIpc) is 2.68. The van der Waals surface area contributed by atoms with Crippen molar-refractivity contribution in [2.75, 3.05) is 13.9 Å². The maximum atomic E-state index is 12.4. The van der Waals surface area contributed by atoms with E-state index in [1.807, 2.05) is 6.92 Å². The minimum Gasteiger partial charge on any atom is -0.535 e. The van der Waals surface area contributed by atoms with Gasteiger partial charge in [-0.1, -0.05) is 19.1 Å². The number of rotatable bonds is 9. The van der Waals surface area contributed by atoms with E-state index in [4.69, 9.17) is 18.9 Å². The van der Waals surface area contributed by atoms with Gasteiger partial charge in [0.05, 0.1) is 0 Å². The van der Waals surface area contributed by atoms with E-state index in [0.29, 0.717) is 18.4 Å². The number of esters is 2. The minimum atomic E-state index is -1.20. The molecule has 1 aliphatic rings. The smallest absolute Gasteiger partial charge is 0.526 e. The highest BCUT2D eigenvalue weighted by molar-refractivity contribution is 6.47. The van der Waals surface area contributed by atoms with Crippen molar-refractivity contribution in [1.29, 1.82) is 0 Å². The highest BCUT2D eigenvalue weighted by atomic mass is 16.7. The van der Waals surface area contributed by atoms with E-state index in [2.05, 4.69) is 0 Å². The van der Waals surface area contributed by atoms with Crippen LogP contribution < -0.4 is 4.65 Å². The Morgan fingerprint density at radius 3 is 2.66 bits per heavy atom. The summed E-state index contributed by atoms with van der Waals surface area (Å²) in [5.41, 5.74) is -0.339. The normalized spacial score (nSPS) is 15.9. The zero-order chi connectivity index (χ0) is 21.6. The van der Waals surface area contributed by atoms with Crippen molar-refractivity contribution in [1.82, 2.24) is 0 Å². The van der Waals surface area contributed by atoms with Crippen LogP contribution in [0, 0.1) is 0 Å². The van der Waals surface area contributed by atoms with Gasteiger partial charge in [-0.15, -0.1) is 0 Å². The monoisotopic (exact) mass is 406 g/mol. The van der Waals surface area contributed by atoms with Crippen LogP contribution in [-0.2, 0) is 30.2 Å². The van der Waals surface area contributed by atoms with Crippen molar-refractivity contribution < 1.29 is 38.3 Å². The van der Waals surface area contributed by atoms with Gasteiger partial charge in [0, 0.05) is 25.8 Å². The quantitative estimate of drug-likeness (QED) is 0.378. The van der Waals surface area contributed by atoms with Crippen LogP contribution in [-0.4, -0.2) is 49.4 Å². The number of ketones is 1. The maximum Gasteiger partial charge on any atom is 0.526 e. The lowest BCUT2D eigenvalue weighted by Crippen LogP contribution is -2.36. The number of carbonyl (C=O) groups is 3. The van der Waals surface area contributed by atoms with Gasteiger partial charge in [-0.25, -0.2) is 9.59 Å². The standard InChI is InChI=1S/C20H27BO8/c1-5-7-15(22)11-14-10-13-8-6-9-16(17(13)29-21(14)25)18(23)27-12-28-19(24)20(2,3)26-4/h6,8-9,14,25H,5,7,10-12H2,1-4H3/t14-/m1/s1. The van der Waals surface area contributed by atoms with Gasteiger partial charge in [0.25, 0.3) is 0 Å². The first-order valence-corrected chi connectivity index (χ1v) is 9.57. The van der Waals surface area contributed by atoms with Gasteiger partial charge in [-0.05, 0) is 38.3 Å². The Labute approximate surface area is 170 Å². The Balaban J connectivity index is 2.03. The first-order valence-electron chi connectivity index (χ1n) is 9.57. The molecular formula is C20H27BO8. The summed E-state index contributed by atoms with van der Waals surface area (Å²) in [6, 6.07) is 4.94. The molecule has 0 spiro atoms. The van der Waals surface area contributed by atoms with E-state index >= 15 is 0 Å². The Morgan fingerprint density at radius 1 is 1.28 bits per heavy atom. The van der Waals surface area contributed by atoms with Gasteiger partial charge < -0.3 is 23.9 Å². The second kappa shape index (κ2) is 9.89. The van der Waals surface area contributed by atoms with Gasteiger partial charge in [0.15, 0.2) is 5.60 Å². The molecule has 8 nitrogen and oxygen atoms in total. The zero-order valence-corrected chi connectivity index (χ0v) is 17.2. The summed E-state index contributed by atoms with van der Waals surface area (Å²) in [5.74, 6) is -1.51. The second-order valence-electron chi connectivity index (χ2n) is 7.46. The molecule has 0 saturated carbocycles. The highest BCUT2D eigenvalue weighted by Crippen LogP contribution is 2.36. The summed E-state index contributed by atoms with van der Waals surface area (Å²) >= 11 is 0. The third-order valence-corrected chi connectivity index (χ3v) is 4.84. The number of fused-ring (bicyclic) bond motifs is 1. The molecule has 0 amide bonds. The third kappa shape index (κ3) is 5.80. The number of methoxy groups -OCH3 is 1. The van der Waals surface area contributed by atoms with E-state index in [1.54, 1.807) is 12.1 Å². The van der Waals surface area contributed by atoms with Crippen LogP contribution in [0.2, 0.25) is 5.82 Å². The molecule has 1 heterocycles. The van der Waals surface area contributed by atoms with Gasteiger partial charge in [-0.2, -0.15) is 0 Å². The SMILES string of the molecule is CCCC(=O)C[C@H]1Cc2cccc(C(=O)OCOC(=O)C(C)(C)OC)c2OB1O. The van der Waals surface area contributed by atoms with Crippen LogP contribution in [0.4, 0.5) is 0 Å². The summed E-state index contributed by atoms with van der Waals surface area (Å²) in [4.78, 5) is 36.2. The summed E-state index contributed by atoms with van der Waals surface area (Å²) in [6.45, 7) is 4.40. The van der Waals surface area contributed by atoms with Crippen molar-refractivity contribution in [3.8, 4) is 5.75 Å². The average molecular weight is 406 g/mol. The molecule has 1 N–H and O–H groups in total. The van der Waals surface area contributed by atoms with Crippen LogP contribution in [0.25, 0.3) is 0 Å². The molecule has 0 unspecified atom stereocenters. The predicted octanol–water partition coefficient (Wildman–Crippen LogP) is 2.31. The lowest BCUT2D eigenvalue weighted by molar-refractivity contribution is -0.173. The molecule has 0 aliphatic carbocycles. The minimum absolute atomic E-state index is 0.0694. The molecule has 0 aromatic heterocycles. The number of carbonyl (C=O) groups excluding carboxylic acids is 3. The Bertz CT molecular complexity index is 761. The molecule has 9 heteroatoms. The molecule has 1 aliphatic heterocycles. The van der Waals surface area contributed by atoms with E-state index < -0.39 is 31.5 Å². The fraction of sp³-hybridized carbons (Fsp3) is 0.550. The van der Waals surface area contributed by atoms with Gasteiger partial charge in [-0.3, -0.25) is 4.79 Å². The molecule has 1 aromatic rings. The molecule has 0 bridgehead atoms. The largest absolute Gasteiger partial charge is 0.535 e. The Kier molecular flexibility index (Phi) is 7.81. The second-order valence-corrected chi connectivity index (χ2v) is 7.46. The first kappa shape index (κ1) is 22.9. The number of hydrogen-bond acceptors (Lipinski definition) is 8. The zero-order valence-electron chi connectivity index (χ0n) is 17.2. The molecular weight excluding hydrogens is 379 g/mol. The number of benzene rings is 1. The summed E-state index contributed by atoms with van der Waals surface area (Å²) in [6.07, 6.45) is 1.83. The first-order chi connectivity index (χ1) is 13.7. The van der Waals surface area contributed by atoms with E-state index in [1.165, 1.54) is 27.0 Å². The number of hydrogen-bond donors (Lipinski definition) is 1. The van der Waals surface area contributed by atoms with E-state index in [-0.39, 0.29) is 29.3 Å². The van der Waals surface area contributed by atoms with E-state index in [0.717, 1.165) is 6.42 Å². The summed E-state index contributed by atoms with van der Waals surface area (Å²) in [5, 5.41) is 10.3. The Morgan fingerprint density at radius 2 is 2.00 bits per heavy atom. The summed E-state index contributed by atoms with van der Waals surface area (Å²) in [7, 11) is 0.174. The van der Waals surface area contributed by atoms with Crippen molar-refractivity contribution in [2.24, 2.45) is 0 Å². The molecule has 2 rings (SSSR count). The topological polar surface area (TPSA) is 108 Å². The number of ether oxygens (including phenoxy) is 3. The van der Waals surface area contributed by atoms with Crippen molar-refractivity contribution >= 4 is 24.8 Å². The predicted molar refractivity (Wildman–Crippen MR) is 104 cm³/mol. The highest BCUT2D eigenvalue weighted by Gasteiger charge is 2.38. The molecule has 0 fully saturated rings. The van der Waals surface area contributed by atoms with Crippen LogP contribution in [0.1, 0.15) is 56.0 Å². The summed E-state index contributed by atoms with van der Waals surface area (Å²) < 4.78 is 20.5. The van der Waals surface area contributed by atoms with Gasteiger partial charge in [0.1, 0.15) is 17.1 Å². The third-order valence-electron chi connectivity index (χ3n) is 4.84. The van der Waals surface area contributed by atoms with Gasteiger partial charge in [0.2, 0.25) is 6.79 Å². The van der Waals surface area contributed by atoms with Gasteiger partial charge >= 0.3 is 19.1 Å². The van der Waals surface area contributed by atoms with Crippen LogP contribution in [0.5, 0.6) is 5.75 Å². The maximum absolute atomic E-state index is 12.4. The fourth-order valence-corrected chi connectivity index (χ4v) is 2.96. The number of Topliss-reactive ketones (excluding diaryl/α,β-unsaturated/α-hetero) is 1. The van der Waals surface area contributed by atoms with E-state index in [9.17, 15) is 19.4 Å². The fourth-order valence-electron chi connectivity index (χ4n) is 2.96. The van der Waals surface area contributed by atoms with Crippen molar-refractivity contribution in [3.63, 3.8) is 0 Å². The Hall–Kier alpha value is -2.39. The lowest BCUT2D eigenvalue weighted by Gasteiger charge is -2.28. The molecule has 0 saturated heterocycles. The molecule has 0 radical (unpaired) electrons. The molecule has 1 atom stereocenters. The van der Waals surface area contributed by atoms with Crippen LogP contribution in [0.3, 0.4) is 0 Å². The lowest BCUT2D eigenvalue weighted by atomic mass is 9.64. The molecule has 158 valence electrons.